The summed E-state index contributed by atoms with van der Waals surface area (Å²) in [6, 6.07) is 9.15. The van der Waals surface area contributed by atoms with Crippen LogP contribution >= 0.6 is 0 Å². The molecule has 0 bridgehead atoms. The number of anilines is 4. The number of carbonyl (C=O) groups is 1. The number of hydrogen-bond donors (Lipinski definition) is 4. The van der Waals surface area contributed by atoms with Crippen LogP contribution in [0, 0.1) is 19.3 Å². The minimum atomic E-state index is -0.647. The molecule has 234 valence electrons. The van der Waals surface area contributed by atoms with Gasteiger partial charge in [0.05, 0.1) is 13.2 Å². The number of piperidine rings is 1. The van der Waals surface area contributed by atoms with Gasteiger partial charge in [-0.3, -0.25) is 14.8 Å². The Morgan fingerprint density at radius 3 is 2.39 bits per heavy atom. The summed E-state index contributed by atoms with van der Waals surface area (Å²) in [6.07, 6.45) is 4.41. The van der Waals surface area contributed by atoms with Crippen molar-refractivity contribution in [2.45, 2.75) is 51.6 Å². The number of aromatic nitrogens is 4. The molecule has 7 rings (SSSR count). The van der Waals surface area contributed by atoms with E-state index in [4.69, 9.17) is 20.4 Å². The summed E-state index contributed by atoms with van der Waals surface area (Å²) in [6.45, 7) is 12.5. The van der Waals surface area contributed by atoms with Crippen molar-refractivity contribution >= 4 is 28.9 Å². The summed E-state index contributed by atoms with van der Waals surface area (Å²) < 4.78 is 5.45. The van der Waals surface area contributed by atoms with E-state index in [0.29, 0.717) is 34.5 Å². The van der Waals surface area contributed by atoms with Crippen LogP contribution in [0.2, 0.25) is 0 Å². The lowest BCUT2D eigenvalue weighted by Crippen LogP contribution is -2.56. The quantitative estimate of drug-likeness (QED) is 0.305. The fraction of sp³-hybridized carbons (Fsp3) is 0.562. The Morgan fingerprint density at radius 2 is 1.77 bits per heavy atom. The Bertz CT molecular complexity index is 1510. The van der Waals surface area contributed by atoms with Gasteiger partial charge in [-0.05, 0) is 76.4 Å². The average Bonchev–Trinajstić information content (AvgIpc) is 3.40. The molecule has 2 aromatic heterocycles. The maximum absolute atomic E-state index is 12.6. The number of H-pyrrole nitrogens is 1. The molecule has 3 saturated heterocycles. The number of nitrogens with one attached hydrogen (secondary N) is 3. The third-order valence-electron chi connectivity index (χ3n) is 9.91. The minimum absolute atomic E-state index is 0.0800. The second-order valence-corrected chi connectivity index (χ2v) is 13.3. The highest BCUT2D eigenvalue weighted by Gasteiger charge is 2.50. The zero-order valence-corrected chi connectivity index (χ0v) is 26.0. The number of rotatable bonds is 8. The highest BCUT2D eigenvalue weighted by molar-refractivity contribution is 5.97. The van der Waals surface area contributed by atoms with Crippen LogP contribution < -0.4 is 21.3 Å². The molecule has 1 aliphatic carbocycles. The molecule has 12 nitrogen and oxygen atoms in total. The normalized spacial score (nSPS) is 21.2. The van der Waals surface area contributed by atoms with Crippen LogP contribution in [-0.2, 0) is 4.74 Å². The van der Waals surface area contributed by atoms with Gasteiger partial charge in [0.25, 0.3) is 5.91 Å². The first-order valence-electron chi connectivity index (χ1n) is 15.9. The number of hydrogen-bond acceptors (Lipinski definition) is 10. The second kappa shape index (κ2) is 11.6. The van der Waals surface area contributed by atoms with E-state index < -0.39 is 5.91 Å². The summed E-state index contributed by atoms with van der Waals surface area (Å²) >= 11 is 0. The van der Waals surface area contributed by atoms with Crippen LogP contribution in [0.5, 0.6) is 0 Å². The summed E-state index contributed by atoms with van der Waals surface area (Å²) in [5.41, 5.74) is 11.5. The molecule has 4 fully saturated rings. The number of ether oxygens (including phenoxy) is 1. The molecule has 0 unspecified atom stereocenters. The molecule has 1 amide bonds. The van der Waals surface area contributed by atoms with Gasteiger partial charge < -0.3 is 30.9 Å². The van der Waals surface area contributed by atoms with Crippen molar-refractivity contribution in [3.05, 3.63) is 41.2 Å². The predicted molar refractivity (Wildman–Crippen MR) is 172 cm³/mol. The molecular weight excluding hydrogens is 556 g/mol. The van der Waals surface area contributed by atoms with E-state index in [0.717, 1.165) is 63.6 Å². The molecular formula is C32H44N10O2. The van der Waals surface area contributed by atoms with E-state index in [1.807, 2.05) is 19.1 Å². The molecule has 5 N–H and O–H groups in total. The van der Waals surface area contributed by atoms with Crippen molar-refractivity contribution in [3.63, 3.8) is 0 Å². The van der Waals surface area contributed by atoms with Crippen molar-refractivity contribution < 1.29 is 9.53 Å². The molecule has 1 spiro atoms. The summed E-state index contributed by atoms with van der Waals surface area (Å²) in [5, 5.41) is 14.3. The number of aromatic amines is 1. The van der Waals surface area contributed by atoms with Gasteiger partial charge in [-0.2, -0.15) is 5.10 Å². The van der Waals surface area contributed by atoms with Gasteiger partial charge in [-0.15, -0.1) is 0 Å². The number of carbonyl (C=O) groups excluding carboxylic acids is 1. The van der Waals surface area contributed by atoms with Gasteiger partial charge in [0, 0.05) is 73.8 Å². The average molecular weight is 601 g/mol. The first-order valence-corrected chi connectivity index (χ1v) is 15.9. The summed E-state index contributed by atoms with van der Waals surface area (Å²) in [7, 11) is 2.21. The standard InChI is InChI=1S/C32H44N10O2/c1-20-14-22(4-5-26(20)42-8-6-24(7-9-42)41-12-10-40(3)11-13-41)34-31-28(29(33)43)36-27(25-15-21(2)38-39-25)30(37-31)35-23-16-32(17-23)18-44-19-32/h4-5,14-15,23-24H,6-13,16-19H2,1-3H3,(H2,33,43)(H,38,39)(H2,34,35,37). The van der Waals surface area contributed by atoms with Crippen molar-refractivity contribution in [1.82, 2.24) is 30.0 Å². The highest BCUT2D eigenvalue weighted by Crippen LogP contribution is 2.48. The van der Waals surface area contributed by atoms with Crippen molar-refractivity contribution in [3.8, 4) is 11.4 Å². The summed E-state index contributed by atoms with van der Waals surface area (Å²) in [5.74, 6) is 0.267. The van der Waals surface area contributed by atoms with Crippen LogP contribution in [0.25, 0.3) is 11.4 Å². The van der Waals surface area contributed by atoms with Crippen LogP contribution in [0.3, 0.4) is 0 Å². The number of aryl methyl sites for hydroxylation is 2. The Kier molecular flexibility index (Phi) is 7.67. The first kappa shape index (κ1) is 29.0. The Labute approximate surface area is 258 Å². The molecule has 12 heteroatoms. The predicted octanol–water partition coefficient (Wildman–Crippen LogP) is 3.13. The number of primary amides is 1. The van der Waals surface area contributed by atoms with Crippen LogP contribution in [0.15, 0.2) is 24.3 Å². The number of benzene rings is 1. The number of nitrogens with zero attached hydrogens (tertiary/aromatic N) is 6. The minimum Gasteiger partial charge on any atom is -0.380 e. The molecule has 1 aromatic carbocycles. The number of amides is 1. The van der Waals surface area contributed by atoms with Crippen LogP contribution in [0.4, 0.5) is 23.0 Å². The Morgan fingerprint density at radius 1 is 1.02 bits per heavy atom. The monoisotopic (exact) mass is 600 g/mol. The Balaban J connectivity index is 1.09. The molecule has 4 aliphatic rings. The van der Waals surface area contributed by atoms with Crippen LogP contribution in [0.1, 0.15) is 47.4 Å². The lowest BCUT2D eigenvalue weighted by atomic mass is 9.64. The van der Waals surface area contributed by atoms with Crippen molar-refractivity contribution in [2.75, 3.05) is 75.1 Å². The third-order valence-corrected chi connectivity index (χ3v) is 9.91. The maximum atomic E-state index is 12.6. The van der Waals surface area contributed by atoms with Gasteiger partial charge >= 0.3 is 0 Å². The number of nitrogens with two attached hydrogens (primary N) is 1. The molecule has 0 atom stereocenters. The van der Waals surface area contributed by atoms with E-state index >= 15 is 0 Å². The van der Waals surface area contributed by atoms with Gasteiger partial charge in [-0.1, -0.05) is 0 Å². The summed E-state index contributed by atoms with van der Waals surface area (Å²) in [4.78, 5) is 29.8. The van der Waals surface area contributed by atoms with Gasteiger partial charge in [-0.25, -0.2) is 9.97 Å². The van der Waals surface area contributed by atoms with Crippen LogP contribution in [-0.4, -0.2) is 107 Å². The fourth-order valence-corrected chi connectivity index (χ4v) is 7.30. The SMILES string of the molecule is Cc1cc(-c2nc(C(N)=O)c(Nc3ccc(N4CCC(N5CCN(C)CC5)CC4)c(C)c3)nc2NC2CC3(COC3)C2)n[nH]1. The van der Waals surface area contributed by atoms with E-state index in [1.165, 1.54) is 37.2 Å². The molecule has 0 radical (unpaired) electrons. The maximum Gasteiger partial charge on any atom is 0.271 e. The van der Waals surface area contributed by atoms with E-state index in [1.54, 1.807) is 0 Å². The molecule has 1 saturated carbocycles. The van der Waals surface area contributed by atoms with E-state index in [2.05, 4.69) is 61.6 Å². The third kappa shape index (κ3) is 5.73. The molecule has 3 aromatic rings. The molecule has 44 heavy (non-hydrogen) atoms. The zero-order chi connectivity index (χ0) is 30.4. The van der Waals surface area contributed by atoms with E-state index in [-0.39, 0.29) is 11.7 Å². The fourth-order valence-electron chi connectivity index (χ4n) is 7.30. The van der Waals surface area contributed by atoms with E-state index in [9.17, 15) is 4.79 Å². The largest absolute Gasteiger partial charge is 0.380 e. The zero-order valence-electron chi connectivity index (χ0n) is 26.0. The first-order chi connectivity index (χ1) is 21.2. The molecule has 3 aliphatic heterocycles. The lowest BCUT2D eigenvalue weighted by Gasteiger charge is -2.53. The Hall–Kier alpha value is -3.74. The van der Waals surface area contributed by atoms with Gasteiger partial charge in [0.1, 0.15) is 11.4 Å². The second-order valence-electron chi connectivity index (χ2n) is 13.3. The smallest absolute Gasteiger partial charge is 0.271 e. The van der Waals surface area contributed by atoms with Gasteiger partial charge in [0.15, 0.2) is 17.3 Å². The number of likely N-dealkylation sites (N-methyl/N-ethyl adjacent to an activating group) is 1. The molecule has 5 heterocycles. The highest BCUT2D eigenvalue weighted by atomic mass is 16.5. The van der Waals surface area contributed by atoms with Gasteiger partial charge in [0.2, 0.25) is 0 Å². The number of piperazine rings is 1. The van der Waals surface area contributed by atoms with Crippen molar-refractivity contribution in [2.24, 2.45) is 11.1 Å². The van der Waals surface area contributed by atoms with Crippen molar-refractivity contribution in [1.29, 1.82) is 0 Å². The lowest BCUT2D eigenvalue weighted by molar-refractivity contribution is -0.159. The topological polar surface area (TPSA) is 141 Å².